The van der Waals surface area contributed by atoms with Gasteiger partial charge >= 0.3 is 0 Å². The van der Waals surface area contributed by atoms with Gasteiger partial charge in [0.15, 0.2) is 11.5 Å². The number of hydrogen-bond donors (Lipinski definition) is 1. The Hall–Kier alpha value is -1.71. The van der Waals surface area contributed by atoms with Gasteiger partial charge in [-0.15, -0.1) is 0 Å². The lowest BCUT2D eigenvalue weighted by atomic mass is 10.1. The number of ether oxygens (including phenoxy) is 2. The van der Waals surface area contributed by atoms with Crippen molar-refractivity contribution in [3.8, 4) is 11.5 Å². The molecule has 0 aliphatic carbocycles. The number of methoxy groups -OCH3 is 2. The van der Waals surface area contributed by atoms with Crippen LogP contribution in [0.25, 0.3) is 0 Å². The van der Waals surface area contributed by atoms with Crippen LogP contribution in [-0.2, 0) is 11.2 Å². The fourth-order valence-electron chi connectivity index (χ4n) is 2.10. The summed E-state index contributed by atoms with van der Waals surface area (Å²) < 4.78 is 10.5. The van der Waals surface area contributed by atoms with Crippen LogP contribution in [0.3, 0.4) is 0 Å². The van der Waals surface area contributed by atoms with Crippen LogP contribution in [-0.4, -0.2) is 26.7 Å². The van der Waals surface area contributed by atoms with Gasteiger partial charge in [0.1, 0.15) is 0 Å². The van der Waals surface area contributed by atoms with Crippen LogP contribution >= 0.6 is 0 Å². The SMILES string of the molecule is CCCC(C)C(=O)NCCc1ccc(OC)c(OC)c1. The van der Waals surface area contributed by atoms with Crippen molar-refractivity contribution >= 4 is 5.91 Å². The number of benzene rings is 1. The van der Waals surface area contributed by atoms with E-state index in [2.05, 4.69) is 12.2 Å². The summed E-state index contributed by atoms with van der Waals surface area (Å²) in [7, 11) is 3.24. The molecule has 0 fully saturated rings. The average molecular weight is 279 g/mol. The number of carbonyl (C=O) groups excluding carboxylic acids is 1. The molecule has 0 heterocycles. The molecule has 0 spiro atoms. The van der Waals surface area contributed by atoms with E-state index in [1.165, 1.54) is 0 Å². The molecule has 1 N–H and O–H groups in total. The second-order valence-electron chi connectivity index (χ2n) is 4.92. The molecule has 1 aromatic rings. The Morgan fingerprint density at radius 3 is 2.55 bits per heavy atom. The lowest BCUT2D eigenvalue weighted by molar-refractivity contribution is -0.124. The van der Waals surface area contributed by atoms with Crippen molar-refractivity contribution in [3.63, 3.8) is 0 Å². The Kier molecular flexibility index (Phi) is 6.91. The van der Waals surface area contributed by atoms with E-state index < -0.39 is 0 Å². The first-order valence-electron chi connectivity index (χ1n) is 7.11. The predicted molar refractivity (Wildman–Crippen MR) is 80.3 cm³/mol. The first kappa shape index (κ1) is 16.3. The van der Waals surface area contributed by atoms with E-state index in [0.717, 1.165) is 36.3 Å². The third-order valence-electron chi connectivity index (χ3n) is 3.33. The minimum Gasteiger partial charge on any atom is -0.493 e. The standard InChI is InChI=1S/C16H25NO3/c1-5-6-12(2)16(18)17-10-9-13-7-8-14(19-3)15(11-13)20-4/h7-8,11-12H,5-6,9-10H2,1-4H3,(H,17,18). The second-order valence-corrected chi connectivity index (χ2v) is 4.92. The third-order valence-corrected chi connectivity index (χ3v) is 3.33. The van der Waals surface area contributed by atoms with Crippen LogP contribution in [0.2, 0.25) is 0 Å². The Morgan fingerprint density at radius 2 is 1.95 bits per heavy atom. The molecule has 112 valence electrons. The molecule has 0 saturated carbocycles. The number of carbonyl (C=O) groups is 1. The average Bonchev–Trinajstić information content (AvgIpc) is 2.47. The van der Waals surface area contributed by atoms with Crippen molar-refractivity contribution in [1.82, 2.24) is 5.32 Å². The van der Waals surface area contributed by atoms with Crippen LogP contribution in [0.4, 0.5) is 0 Å². The summed E-state index contributed by atoms with van der Waals surface area (Å²) in [4.78, 5) is 11.8. The highest BCUT2D eigenvalue weighted by atomic mass is 16.5. The summed E-state index contributed by atoms with van der Waals surface area (Å²) in [6.45, 7) is 4.70. The van der Waals surface area contributed by atoms with Gasteiger partial charge in [-0.3, -0.25) is 4.79 Å². The molecule has 1 amide bonds. The molecule has 0 bridgehead atoms. The van der Waals surface area contributed by atoms with Crippen molar-refractivity contribution < 1.29 is 14.3 Å². The van der Waals surface area contributed by atoms with Gasteiger partial charge in [-0.05, 0) is 30.5 Å². The highest BCUT2D eigenvalue weighted by molar-refractivity contribution is 5.78. The van der Waals surface area contributed by atoms with E-state index in [0.29, 0.717) is 6.54 Å². The Morgan fingerprint density at radius 1 is 1.25 bits per heavy atom. The fraction of sp³-hybridized carbons (Fsp3) is 0.562. The molecule has 20 heavy (non-hydrogen) atoms. The highest BCUT2D eigenvalue weighted by Gasteiger charge is 2.11. The van der Waals surface area contributed by atoms with Crippen molar-refractivity contribution in [1.29, 1.82) is 0 Å². The minimum absolute atomic E-state index is 0.0883. The second kappa shape index (κ2) is 8.46. The molecule has 1 rings (SSSR count). The first-order valence-corrected chi connectivity index (χ1v) is 7.11. The van der Waals surface area contributed by atoms with Gasteiger partial charge in [-0.2, -0.15) is 0 Å². The Balaban J connectivity index is 2.48. The molecule has 4 heteroatoms. The van der Waals surface area contributed by atoms with Crippen molar-refractivity contribution in [2.75, 3.05) is 20.8 Å². The summed E-state index contributed by atoms with van der Waals surface area (Å²) in [6.07, 6.45) is 2.75. The minimum atomic E-state index is 0.0883. The van der Waals surface area contributed by atoms with Gasteiger partial charge in [-0.25, -0.2) is 0 Å². The number of rotatable bonds is 8. The molecular weight excluding hydrogens is 254 g/mol. The maximum atomic E-state index is 11.8. The fourth-order valence-corrected chi connectivity index (χ4v) is 2.10. The van der Waals surface area contributed by atoms with Crippen LogP contribution in [0.5, 0.6) is 11.5 Å². The summed E-state index contributed by atoms with van der Waals surface area (Å²) in [5, 5.41) is 2.97. The molecule has 1 aromatic carbocycles. The van der Waals surface area contributed by atoms with Crippen molar-refractivity contribution in [3.05, 3.63) is 23.8 Å². The molecule has 0 aromatic heterocycles. The summed E-state index contributed by atoms with van der Waals surface area (Å²) in [5.74, 6) is 1.66. The number of nitrogens with one attached hydrogen (secondary N) is 1. The highest BCUT2D eigenvalue weighted by Crippen LogP contribution is 2.27. The van der Waals surface area contributed by atoms with Gasteiger partial charge in [0, 0.05) is 12.5 Å². The van der Waals surface area contributed by atoms with E-state index >= 15 is 0 Å². The van der Waals surface area contributed by atoms with Crippen LogP contribution in [0.1, 0.15) is 32.3 Å². The molecule has 0 aliphatic rings. The maximum Gasteiger partial charge on any atom is 0.222 e. The molecule has 0 radical (unpaired) electrons. The molecular formula is C16H25NO3. The van der Waals surface area contributed by atoms with Gasteiger partial charge in [0.05, 0.1) is 14.2 Å². The predicted octanol–water partition coefficient (Wildman–Crippen LogP) is 2.80. The third kappa shape index (κ3) is 4.76. The van der Waals surface area contributed by atoms with Crippen LogP contribution < -0.4 is 14.8 Å². The van der Waals surface area contributed by atoms with Gasteiger partial charge < -0.3 is 14.8 Å². The van der Waals surface area contributed by atoms with Crippen LogP contribution in [0, 0.1) is 5.92 Å². The van der Waals surface area contributed by atoms with Gasteiger partial charge in [-0.1, -0.05) is 26.3 Å². The van der Waals surface area contributed by atoms with E-state index in [4.69, 9.17) is 9.47 Å². The lowest BCUT2D eigenvalue weighted by Gasteiger charge is -2.12. The summed E-state index contributed by atoms with van der Waals surface area (Å²) >= 11 is 0. The number of amides is 1. The topological polar surface area (TPSA) is 47.6 Å². The lowest BCUT2D eigenvalue weighted by Crippen LogP contribution is -2.30. The van der Waals surface area contributed by atoms with Gasteiger partial charge in [0.2, 0.25) is 5.91 Å². The van der Waals surface area contributed by atoms with E-state index in [-0.39, 0.29) is 11.8 Å². The zero-order valence-corrected chi connectivity index (χ0v) is 12.9. The van der Waals surface area contributed by atoms with Gasteiger partial charge in [0.25, 0.3) is 0 Å². The maximum absolute atomic E-state index is 11.8. The zero-order chi connectivity index (χ0) is 15.0. The first-order chi connectivity index (χ1) is 9.62. The van der Waals surface area contributed by atoms with E-state index in [9.17, 15) is 4.79 Å². The summed E-state index contributed by atoms with van der Waals surface area (Å²) in [5.41, 5.74) is 1.12. The largest absolute Gasteiger partial charge is 0.493 e. The smallest absolute Gasteiger partial charge is 0.222 e. The number of hydrogen-bond acceptors (Lipinski definition) is 3. The van der Waals surface area contributed by atoms with Crippen molar-refractivity contribution in [2.24, 2.45) is 5.92 Å². The van der Waals surface area contributed by atoms with Crippen molar-refractivity contribution in [2.45, 2.75) is 33.1 Å². The normalized spacial score (nSPS) is 11.8. The molecule has 1 atom stereocenters. The molecule has 4 nitrogen and oxygen atoms in total. The zero-order valence-electron chi connectivity index (χ0n) is 12.9. The Bertz CT molecular complexity index is 432. The molecule has 0 aliphatic heterocycles. The molecule has 0 saturated heterocycles. The summed E-state index contributed by atoms with van der Waals surface area (Å²) in [6, 6.07) is 5.82. The monoisotopic (exact) mass is 279 g/mol. The quantitative estimate of drug-likeness (QED) is 0.796. The van der Waals surface area contributed by atoms with E-state index in [1.54, 1.807) is 14.2 Å². The van der Waals surface area contributed by atoms with Crippen LogP contribution in [0.15, 0.2) is 18.2 Å². The Labute approximate surface area is 121 Å². The van der Waals surface area contributed by atoms with E-state index in [1.807, 2.05) is 25.1 Å². The molecule has 1 unspecified atom stereocenters.